The Labute approximate surface area is 186 Å². The SMILES string of the molecule is Cl.O=C(CC1(c2ccccc2)C(=O)Oc2ccc(Cl)cc21)N1CCN(CCO)CC1. The van der Waals surface area contributed by atoms with Gasteiger partial charge in [-0.3, -0.25) is 14.5 Å². The van der Waals surface area contributed by atoms with E-state index in [1.807, 2.05) is 30.3 Å². The van der Waals surface area contributed by atoms with Crippen molar-refractivity contribution in [3.05, 3.63) is 64.7 Å². The maximum absolute atomic E-state index is 13.3. The average Bonchev–Trinajstić information content (AvgIpc) is 3.01. The summed E-state index contributed by atoms with van der Waals surface area (Å²) in [5, 5.41) is 9.60. The summed E-state index contributed by atoms with van der Waals surface area (Å²) in [5.41, 5.74) is 0.146. The van der Waals surface area contributed by atoms with Gasteiger partial charge >= 0.3 is 5.97 Å². The van der Waals surface area contributed by atoms with Crippen molar-refractivity contribution in [2.75, 3.05) is 39.3 Å². The number of aliphatic hydroxyl groups is 1. The van der Waals surface area contributed by atoms with Crippen molar-refractivity contribution in [2.24, 2.45) is 0 Å². The molecule has 0 aromatic heterocycles. The molecule has 0 bridgehead atoms. The highest BCUT2D eigenvalue weighted by Gasteiger charge is 2.52. The van der Waals surface area contributed by atoms with E-state index in [2.05, 4.69) is 4.90 Å². The van der Waals surface area contributed by atoms with Crippen molar-refractivity contribution in [3.63, 3.8) is 0 Å². The molecule has 2 aliphatic rings. The first-order chi connectivity index (χ1) is 14.0. The third kappa shape index (κ3) is 4.05. The van der Waals surface area contributed by atoms with Crippen LogP contribution in [-0.4, -0.2) is 66.1 Å². The van der Waals surface area contributed by atoms with E-state index in [1.54, 1.807) is 23.1 Å². The number of aliphatic hydroxyl groups excluding tert-OH is 1. The molecule has 0 saturated carbocycles. The van der Waals surface area contributed by atoms with Crippen LogP contribution in [0.3, 0.4) is 0 Å². The van der Waals surface area contributed by atoms with Crippen LogP contribution < -0.4 is 4.74 Å². The van der Waals surface area contributed by atoms with Gasteiger partial charge in [-0.2, -0.15) is 0 Å². The van der Waals surface area contributed by atoms with Crippen molar-refractivity contribution in [3.8, 4) is 5.75 Å². The van der Waals surface area contributed by atoms with Crippen LogP contribution in [0.5, 0.6) is 5.75 Å². The van der Waals surface area contributed by atoms with Crippen molar-refractivity contribution in [1.29, 1.82) is 0 Å². The molecule has 2 heterocycles. The summed E-state index contributed by atoms with van der Waals surface area (Å²) in [5.74, 6) is -0.0978. The predicted molar refractivity (Wildman–Crippen MR) is 116 cm³/mol. The van der Waals surface area contributed by atoms with Gasteiger partial charge in [0.05, 0.1) is 13.0 Å². The van der Waals surface area contributed by atoms with Crippen molar-refractivity contribution >= 4 is 35.9 Å². The number of piperazine rings is 1. The molecular weight excluding hydrogens is 427 g/mol. The van der Waals surface area contributed by atoms with E-state index in [1.165, 1.54) is 0 Å². The van der Waals surface area contributed by atoms with Crippen LogP contribution >= 0.6 is 24.0 Å². The molecule has 1 amide bonds. The second kappa shape index (κ2) is 9.35. The van der Waals surface area contributed by atoms with E-state index in [-0.39, 0.29) is 31.3 Å². The number of ether oxygens (including phenoxy) is 1. The third-order valence-electron chi connectivity index (χ3n) is 5.78. The maximum atomic E-state index is 13.3. The molecule has 8 heteroatoms. The molecular formula is C22H24Cl2N2O4. The van der Waals surface area contributed by atoms with Gasteiger partial charge in [0.2, 0.25) is 5.91 Å². The fraction of sp³-hybridized carbons (Fsp3) is 0.364. The molecule has 1 fully saturated rings. The number of esters is 1. The predicted octanol–water partition coefficient (Wildman–Crippen LogP) is 2.49. The molecule has 1 atom stereocenters. The van der Waals surface area contributed by atoms with Crippen LogP contribution in [-0.2, 0) is 15.0 Å². The van der Waals surface area contributed by atoms with E-state index >= 15 is 0 Å². The number of β-amino-alcohol motifs (C(OH)–C–C–N with tert-alkyl or cyclic N) is 1. The smallest absolute Gasteiger partial charge is 0.327 e. The Balaban J connectivity index is 0.00000256. The van der Waals surface area contributed by atoms with Gasteiger partial charge in [0, 0.05) is 43.3 Å². The minimum atomic E-state index is -1.21. The summed E-state index contributed by atoms with van der Waals surface area (Å²) < 4.78 is 5.57. The molecule has 30 heavy (non-hydrogen) atoms. The lowest BCUT2D eigenvalue weighted by Crippen LogP contribution is -2.51. The summed E-state index contributed by atoms with van der Waals surface area (Å²) >= 11 is 6.23. The Kier molecular flexibility index (Phi) is 7.03. The van der Waals surface area contributed by atoms with Gasteiger partial charge in [-0.25, -0.2) is 0 Å². The lowest BCUT2D eigenvalue weighted by molar-refractivity contribution is -0.142. The molecule has 1 unspecified atom stereocenters. The Morgan fingerprint density at radius 2 is 1.80 bits per heavy atom. The van der Waals surface area contributed by atoms with E-state index in [4.69, 9.17) is 21.4 Å². The lowest BCUT2D eigenvalue weighted by Gasteiger charge is -2.36. The quantitative estimate of drug-likeness (QED) is 0.559. The van der Waals surface area contributed by atoms with E-state index < -0.39 is 11.4 Å². The van der Waals surface area contributed by atoms with Gasteiger partial charge in [-0.15, -0.1) is 12.4 Å². The Hall–Kier alpha value is -2.12. The number of benzene rings is 2. The summed E-state index contributed by atoms with van der Waals surface area (Å²) in [6.45, 7) is 3.26. The standard InChI is InChI=1S/C22H23ClN2O4.ClH/c23-17-6-7-19-18(14-17)22(21(28)29-19,16-4-2-1-3-5-16)15-20(27)25-10-8-24(9-11-25)12-13-26;/h1-7,14,26H,8-13,15H2;1H. The molecule has 2 aromatic carbocycles. The maximum Gasteiger partial charge on any atom is 0.327 e. The molecule has 0 aliphatic carbocycles. The summed E-state index contributed by atoms with van der Waals surface area (Å²) in [4.78, 5) is 30.3. The highest BCUT2D eigenvalue weighted by Crippen LogP contribution is 2.48. The Bertz CT molecular complexity index is 917. The highest BCUT2D eigenvalue weighted by molar-refractivity contribution is 6.30. The van der Waals surface area contributed by atoms with Crippen LogP contribution in [0.1, 0.15) is 17.5 Å². The van der Waals surface area contributed by atoms with Crippen molar-refractivity contribution in [2.45, 2.75) is 11.8 Å². The van der Waals surface area contributed by atoms with E-state index in [0.29, 0.717) is 49.1 Å². The van der Waals surface area contributed by atoms with Gasteiger partial charge in [0.15, 0.2) is 0 Å². The number of fused-ring (bicyclic) bond motifs is 1. The number of halogens is 2. The number of rotatable bonds is 5. The average molecular weight is 451 g/mol. The van der Waals surface area contributed by atoms with Gasteiger partial charge in [0.1, 0.15) is 11.2 Å². The van der Waals surface area contributed by atoms with E-state index in [0.717, 1.165) is 5.56 Å². The monoisotopic (exact) mass is 450 g/mol. The molecule has 1 N–H and O–H groups in total. The lowest BCUT2D eigenvalue weighted by atomic mass is 9.72. The number of amides is 1. The molecule has 2 aromatic rings. The van der Waals surface area contributed by atoms with Crippen molar-refractivity contribution < 1.29 is 19.4 Å². The number of nitrogens with zero attached hydrogens (tertiary/aromatic N) is 2. The molecule has 2 aliphatic heterocycles. The van der Waals surface area contributed by atoms with Crippen LogP contribution in [0.2, 0.25) is 5.02 Å². The van der Waals surface area contributed by atoms with Crippen LogP contribution in [0.25, 0.3) is 0 Å². The third-order valence-corrected chi connectivity index (χ3v) is 6.01. The molecule has 0 spiro atoms. The summed E-state index contributed by atoms with van der Waals surface area (Å²) in [6.07, 6.45) is -0.0107. The Morgan fingerprint density at radius 1 is 1.10 bits per heavy atom. The summed E-state index contributed by atoms with van der Waals surface area (Å²) in [7, 11) is 0. The number of hydrogen-bond acceptors (Lipinski definition) is 5. The van der Waals surface area contributed by atoms with Gasteiger partial charge in [-0.05, 0) is 23.8 Å². The zero-order chi connectivity index (χ0) is 20.4. The van der Waals surface area contributed by atoms with Crippen LogP contribution in [0.15, 0.2) is 48.5 Å². The number of carbonyl (C=O) groups excluding carboxylic acids is 2. The summed E-state index contributed by atoms with van der Waals surface area (Å²) in [6, 6.07) is 14.4. The van der Waals surface area contributed by atoms with Gasteiger partial charge in [0.25, 0.3) is 0 Å². The first-order valence-electron chi connectivity index (χ1n) is 9.73. The highest BCUT2D eigenvalue weighted by atomic mass is 35.5. The first-order valence-corrected chi connectivity index (χ1v) is 10.1. The zero-order valence-electron chi connectivity index (χ0n) is 16.4. The second-order valence-electron chi connectivity index (χ2n) is 7.42. The molecule has 4 rings (SSSR count). The fourth-order valence-electron chi connectivity index (χ4n) is 4.19. The minimum absolute atomic E-state index is 0. The number of carbonyl (C=O) groups is 2. The van der Waals surface area contributed by atoms with Crippen LogP contribution in [0, 0.1) is 0 Å². The Morgan fingerprint density at radius 3 is 2.47 bits per heavy atom. The normalized spacial score (nSPS) is 21.0. The fourth-order valence-corrected chi connectivity index (χ4v) is 4.36. The largest absolute Gasteiger partial charge is 0.425 e. The first kappa shape index (κ1) is 22.6. The molecule has 6 nitrogen and oxygen atoms in total. The minimum Gasteiger partial charge on any atom is -0.425 e. The topological polar surface area (TPSA) is 70.1 Å². The van der Waals surface area contributed by atoms with E-state index in [9.17, 15) is 9.59 Å². The van der Waals surface area contributed by atoms with Crippen molar-refractivity contribution in [1.82, 2.24) is 9.80 Å². The molecule has 160 valence electrons. The molecule has 0 radical (unpaired) electrons. The second-order valence-corrected chi connectivity index (χ2v) is 7.86. The number of hydrogen-bond donors (Lipinski definition) is 1. The van der Waals surface area contributed by atoms with Gasteiger partial charge in [-0.1, -0.05) is 41.9 Å². The zero-order valence-corrected chi connectivity index (χ0v) is 18.0. The van der Waals surface area contributed by atoms with Gasteiger partial charge < -0.3 is 14.7 Å². The molecule has 1 saturated heterocycles. The van der Waals surface area contributed by atoms with Crippen LogP contribution in [0.4, 0.5) is 0 Å².